The smallest absolute Gasteiger partial charge is 0.303 e. The van der Waals surface area contributed by atoms with Crippen LogP contribution in [0.5, 0.6) is 0 Å². The Morgan fingerprint density at radius 1 is 0.839 bits per heavy atom. The van der Waals surface area contributed by atoms with Gasteiger partial charge in [0.25, 0.3) is 5.69 Å². The number of azo groups is 1. The number of anilines is 1. The Morgan fingerprint density at radius 2 is 1.55 bits per heavy atom. The molecule has 1 N–H and O–H groups in total. The molecule has 0 aromatic heterocycles. The fourth-order valence-corrected chi connectivity index (χ4v) is 3.26. The summed E-state index contributed by atoms with van der Waals surface area (Å²) in [5, 5.41) is 35.7. The van der Waals surface area contributed by atoms with Gasteiger partial charge in [-0.1, -0.05) is 50.5 Å². The molecule has 9 heteroatoms. The number of fused-ring (bicyclic) bond motifs is 1. The van der Waals surface area contributed by atoms with Crippen LogP contribution in [0.25, 0.3) is 10.8 Å². The van der Waals surface area contributed by atoms with E-state index in [-0.39, 0.29) is 11.4 Å². The summed E-state index contributed by atoms with van der Waals surface area (Å²) in [5.41, 5.74) is 0.669. The molecule has 160 valence electrons. The highest BCUT2D eigenvalue weighted by Gasteiger charge is 2.19. The molecule has 3 aromatic carbocycles. The molecule has 3 aromatic rings. The van der Waals surface area contributed by atoms with Crippen LogP contribution in [0.4, 0.5) is 28.4 Å². The normalized spacial score (nSPS) is 11.1. The van der Waals surface area contributed by atoms with Gasteiger partial charge in [-0.05, 0) is 24.6 Å². The molecule has 0 saturated heterocycles. The molecular weight excluding hydrogens is 398 g/mol. The maximum Gasteiger partial charge on any atom is 0.303 e. The Morgan fingerprint density at radius 3 is 2.26 bits per heavy atom. The van der Waals surface area contributed by atoms with Crippen LogP contribution in [0.1, 0.15) is 32.6 Å². The lowest BCUT2D eigenvalue weighted by molar-refractivity contribution is -0.393. The third-order valence-electron chi connectivity index (χ3n) is 4.88. The second kappa shape index (κ2) is 10.2. The lowest BCUT2D eigenvalue weighted by atomic mass is 10.1. The Labute approximate surface area is 179 Å². The van der Waals surface area contributed by atoms with E-state index in [9.17, 15) is 20.2 Å². The van der Waals surface area contributed by atoms with Crippen molar-refractivity contribution in [2.45, 2.75) is 32.6 Å². The number of nitro groups is 2. The van der Waals surface area contributed by atoms with Crippen LogP contribution < -0.4 is 5.32 Å². The van der Waals surface area contributed by atoms with Crippen LogP contribution in [0.3, 0.4) is 0 Å². The van der Waals surface area contributed by atoms with Crippen LogP contribution in [0.2, 0.25) is 0 Å². The highest BCUT2D eigenvalue weighted by molar-refractivity contribution is 6.00. The number of nitrogens with one attached hydrogen (secondary N) is 1. The molecule has 0 unspecified atom stereocenters. The zero-order chi connectivity index (χ0) is 22.2. The maximum absolute atomic E-state index is 11.3. The summed E-state index contributed by atoms with van der Waals surface area (Å²) < 4.78 is 0. The van der Waals surface area contributed by atoms with Gasteiger partial charge in [0, 0.05) is 29.1 Å². The van der Waals surface area contributed by atoms with E-state index in [0.29, 0.717) is 5.69 Å². The molecule has 0 saturated carbocycles. The van der Waals surface area contributed by atoms with Gasteiger partial charge in [0.05, 0.1) is 21.6 Å². The molecule has 0 heterocycles. The van der Waals surface area contributed by atoms with E-state index in [4.69, 9.17) is 0 Å². The number of nitrogens with zero attached hydrogens (tertiary/aromatic N) is 4. The molecule has 0 fully saturated rings. The van der Waals surface area contributed by atoms with E-state index in [1.807, 2.05) is 30.3 Å². The van der Waals surface area contributed by atoms with E-state index < -0.39 is 15.5 Å². The molecule has 31 heavy (non-hydrogen) atoms. The van der Waals surface area contributed by atoms with E-state index >= 15 is 0 Å². The average Bonchev–Trinajstić information content (AvgIpc) is 2.77. The largest absolute Gasteiger partial charge is 0.385 e. The minimum Gasteiger partial charge on any atom is -0.385 e. The summed E-state index contributed by atoms with van der Waals surface area (Å²) in [5.74, 6) is 0. The summed E-state index contributed by atoms with van der Waals surface area (Å²) >= 11 is 0. The number of benzene rings is 3. The third-order valence-corrected chi connectivity index (χ3v) is 4.88. The summed E-state index contributed by atoms with van der Waals surface area (Å²) in [6.45, 7) is 3.05. The first-order valence-corrected chi connectivity index (χ1v) is 10.1. The Balaban J connectivity index is 1.89. The van der Waals surface area contributed by atoms with E-state index in [1.165, 1.54) is 31.4 Å². The van der Waals surface area contributed by atoms with Crippen molar-refractivity contribution in [1.29, 1.82) is 0 Å². The first kappa shape index (κ1) is 21.8. The second-order valence-corrected chi connectivity index (χ2v) is 7.05. The molecule has 0 spiro atoms. The number of non-ortho nitro benzene ring substituents is 1. The van der Waals surface area contributed by atoms with Crippen molar-refractivity contribution in [3.8, 4) is 0 Å². The van der Waals surface area contributed by atoms with Gasteiger partial charge >= 0.3 is 5.69 Å². The van der Waals surface area contributed by atoms with E-state index in [1.54, 1.807) is 6.07 Å². The van der Waals surface area contributed by atoms with Crippen LogP contribution in [-0.2, 0) is 0 Å². The lowest BCUT2D eigenvalue weighted by Crippen LogP contribution is -2.01. The van der Waals surface area contributed by atoms with Crippen LogP contribution in [0.15, 0.2) is 64.8 Å². The highest BCUT2D eigenvalue weighted by atomic mass is 16.6. The second-order valence-electron chi connectivity index (χ2n) is 7.05. The standard InChI is InChI=1S/C22H23N5O4/c1-2-3-4-7-14-23-19-12-13-20(18-9-6-5-8-17(18)19)24-25-21-11-10-16(26(28)29)15-22(21)27(30)31/h5-6,8-13,15,23H,2-4,7,14H2,1H3. The van der Waals surface area contributed by atoms with Gasteiger partial charge in [0.15, 0.2) is 5.69 Å². The molecule has 3 rings (SSSR count). The lowest BCUT2D eigenvalue weighted by Gasteiger charge is -2.11. The molecule has 0 bridgehead atoms. The summed E-state index contributed by atoms with van der Waals surface area (Å²) in [6.07, 6.45) is 4.68. The first-order chi connectivity index (χ1) is 15.0. The van der Waals surface area contributed by atoms with E-state index in [2.05, 4.69) is 22.5 Å². The van der Waals surface area contributed by atoms with Gasteiger partial charge in [0.2, 0.25) is 0 Å². The Hall–Kier alpha value is -3.88. The third kappa shape index (κ3) is 5.39. The highest BCUT2D eigenvalue weighted by Crippen LogP contribution is 2.35. The average molecular weight is 421 g/mol. The van der Waals surface area contributed by atoms with Gasteiger partial charge in [-0.15, -0.1) is 10.2 Å². The van der Waals surface area contributed by atoms with Crippen molar-refractivity contribution in [2.75, 3.05) is 11.9 Å². The number of rotatable bonds is 10. The van der Waals surface area contributed by atoms with E-state index in [0.717, 1.165) is 35.5 Å². The summed E-state index contributed by atoms with van der Waals surface area (Å²) in [6, 6.07) is 14.7. The molecule has 0 amide bonds. The van der Waals surface area contributed by atoms with Crippen molar-refractivity contribution in [3.63, 3.8) is 0 Å². The summed E-state index contributed by atoms with van der Waals surface area (Å²) in [7, 11) is 0. The van der Waals surface area contributed by atoms with Gasteiger partial charge in [-0.2, -0.15) is 0 Å². The fourth-order valence-electron chi connectivity index (χ4n) is 3.26. The van der Waals surface area contributed by atoms with Gasteiger partial charge < -0.3 is 5.32 Å². The van der Waals surface area contributed by atoms with Crippen LogP contribution in [0, 0.1) is 20.2 Å². The molecule has 0 radical (unpaired) electrons. The fraction of sp³-hybridized carbons (Fsp3) is 0.273. The van der Waals surface area contributed by atoms with Gasteiger partial charge in [-0.25, -0.2) is 0 Å². The van der Waals surface area contributed by atoms with Crippen molar-refractivity contribution >= 4 is 39.2 Å². The molecule has 9 nitrogen and oxygen atoms in total. The zero-order valence-corrected chi connectivity index (χ0v) is 17.2. The van der Waals surface area contributed by atoms with Crippen LogP contribution >= 0.6 is 0 Å². The molecule has 0 aliphatic heterocycles. The predicted octanol–water partition coefficient (Wildman–Crippen LogP) is 7.06. The Bertz CT molecular complexity index is 1130. The molecule has 0 aliphatic rings. The number of unbranched alkanes of at least 4 members (excludes halogenated alkanes) is 3. The first-order valence-electron chi connectivity index (χ1n) is 10.1. The quantitative estimate of drug-likeness (QED) is 0.162. The number of hydrogen-bond acceptors (Lipinski definition) is 7. The minimum atomic E-state index is -0.703. The van der Waals surface area contributed by atoms with Crippen LogP contribution in [-0.4, -0.2) is 16.4 Å². The predicted molar refractivity (Wildman–Crippen MR) is 121 cm³/mol. The van der Waals surface area contributed by atoms with Gasteiger partial charge in [0.1, 0.15) is 0 Å². The topological polar surface area (TPSA) is 123 Å². The van der Waals surface area contributed by atoms with Gasteiger partial charge in [-0.3, -0.25) is 20.2 Å². The molecule has 0 aliphatic carbocycles. The molecule has 0 atom stereocenters. The number of hydrogen-bond donors (Lipinski definition) is 1. The van der Waals surface area contributed by atoms with Crippen molar-refractivity contribution in [1.82, 2.24) is 0 Å². The zero-order valence-electron chi connectivity index (χ0n) is 17.2. The SMILES string of the molecule is CCCCCCNc1ccc(N=Nc2ccc([N+](=O)[O-])cc2[N+](=O)[O-])c2ccccc12. The Kier molecular flexibility index (Phi) is 7.21. The van der Waals surface area contributed by atoms with Crippen molar-refractivity contribution in [3.05, 3.63) is 74.8 Å². The van der Waals surface area contributed by atoms with Crippen molar-refractivity contribution in [2.24, 2.45) is 10.2 Å². The molecular formula is C22H23N5O4. The monoisotopic (exact) mass is 421 g/mol. The minimum absolute atomic E-state index is 0.0437. The summed E-state index contributed by atoms with van der Waals surface area (Å²) in [4.78, 5) is 20.8. The maximum atomic E-state index is 11.3. The van der Waals surface area contributed by atoms with Crippen molar-refractivity contribution < 1.29 is 9.85 Å². The number of nitro benzene ring substituents is 2.